The lowest BCUT2D eigenvalue weighted by molar-refractivity contribution is -0.137. The van der Waals surface area contributed by atoms with Gasteiger partial charge in [0.1, 0.15) is 0 Å². The molecule has 2 amide bonds. The molecule has 118 valence electrons. The van der Waals surface area contributed by atoms with Crippen LogP contribution >= 0.6 is 0 Å². The van der Waals surface area contributed by atoms with Gasteiger partial charge in [0.25, 0.3) is 0 Å². The molecule has 7 heteroatoms. The highest BCUT2D eigenvalue weighted by Crippen LogP contribution is 2.00. The molecule has 0 heterocycles. The number of carboxylic acids is 1. The van der Waals surface area contributed by atoms with E-state index in [0.717, 1.165) is 0 Å². The molecule has 0 spiro atoms. The Bertz CT molecular complexity index is 284. The first-order valence-electron chi connectivity index (χ1n) is 6.82. The largest absolute Gasteiger partial charge is 0.481 e. The number of carbonyl (C=O) groups excluding carboxylic acids is 1. The summed E-state index contributed by atoms with van der Waals surface area (Å²) >= 11 is 0. The standard InChI is InChI=1S/C13H26N2O5/c1-11(2)15(7-5-12(16)17)13(18)14-6-4-8-20-10-9-19-3/h11H,4-10H2,1-3H3,(H,14,18)(H,16,17). The number of carboxylic acid groups (broad SMARTS) is 1. The average Bonchev–Trinajstić information content (AvgIpc) is 2.37. The summed E-state index contributed by atoms with van der Waals surface area (Å²) in [7, 11) is 1.61. The van der Waals surface area contributed by atoms with Gasteiger partial charge in [0.15, 0.2) is 0 Å². The quantitative estimate of drug-likeness (QED) is 0.553. The molecule has 0 radical (unpaired) electrons. The fourth-order valence-electron chi connectivity index (χ4n) is 1.53. The SMILES string of the molecule is COCCOCCCNC(=O)N(CCC(=O)O)C(C)C. The van der Waals surface area contributed by atoms with E-state index in [1.807, 2.05) is 13.8 Å². The fourth-order valence-corrected chi connectivity index (χ4v) is 1.53. The van der Waals surface area contributed by atoms with Crippen molar-refractivity contribution in [3.8, 4) is 0 Å². The zero-order valence-electron chi connectivity index (χ0n) is 12.6. The Labute approximate surface area is 120 Å². The van der Waals surface area contributed by atoms with Crippen LogP contribution in [0.1, 0.15) is 26.7 Å². The Hall–Kier alpha value is -1.34. The average molecular weight is 290 g/mol. The van der Waals surface area contributed by atoms with Crippen molar-refractivity contribution in [3.05, 3.63) is 0 Å². The number of hydrogen-bond donors (Lipinski definition) is 2. The number of nitrogens with one attached hydrogen (secondary N) is 1. The highest BCUT2D eigenvalue weighted by molar-refractivity contribution is 5.75. The van der Waals surface area contributed by atoms with Crippen LogP contribution in [-0.2, 0) is 14.3 Å². The summed E-state index contributed by atoms with van der Waals surface area (Å²) in [4.78, 5) is 24.0. The number of amides is 2. The Morgan fingerprint density at radius 1 is 1.25 bits per heavy atom. The minimum Gasteiger partial charge on any atom is -0.481 e. The van der Waals surface area contributed by atoms with E-state index in [1.54, 1.807) is 7.11 Å². The molecule has 0 bridgehead atoms. The molecule has 0 aliphatic rings. The zero-order valence-corrected chi connectivity index (χ0v) is 12.6. The monoisotopic (exact) mass is 290 g/mol. The molecular weight excluding hydrogens is 264 g/mol. The molecule has 0 rings (SSSR count). The first-order valence-corrected chi connectivity index (χ1v) is 6.82. The van der Waals surface area contributed by atoms with Crippen LogP contribution in [0.25, 0.3) is 0 Å². The van der Waals surface area contributed by atoms with Crippen LogP contribution in [0.15, 0.2) is 0 Å². The topological polar surface area (TPSA) is 88.1 Å². The van der Waals surface area contributed by atoms with Gasteiger partial charge in [-0.3, -0.25) is 4.79 Å². The Kier molecular flexibility index (Phi) is 10.7. The van der Waals surface area contributed by atoms with Crippen LogP contribution < -0.4 is 5.32 Å². The van der Waals surface area contributed by atoms with Crippen LogP contribution in [0.2, 0.25) is 0 Å². The summed E-state index contributed by atoms with van der Waals surface area (Å²) in [6.45, 7) is 6.08. The van der Waals surface area contributed by atoms with Crippen molar-refractivity contribution >= 4 is 12.0 Å². The smallest absolute Gasteiger partial charge is 0.317 e. The van der Waals surface area contributed by atoms with Crippen molar-refractivity contribution in [3.63, 3.8) is 0 Å². The van der Waals surface area contributed by atoms with E-state index in [2.05, 4.69) is 5.32 Å². The molecule has 0 saturated carbocycles. The lowest BCUT2D eigenvalue weighted by Gasteiger charge is -2.26. The van der Waals surface area contributed by atoms with Gasteiger partial charge in [-0.2, -0.15) is 0 Å². The number of aliphatic carboxylic acids is 1. The Morgan fingerprint density at radius 2 is 1.95 bits per heavy atom. The minimum absolute atomic E-state index is 0.0349. The molecule has 20 heavy (non-hydrogen) atoms. The third kappa shape index (κ3) is 9.57. The molecule has 0 aromatic carbocycles. The first-order chi connectivity index (χ1) is 9.49. The summed E-state index contributed by atoms with van der Waals surface area (Å²) in [5.41, 5.74) is 0. The maximum Gasteiger partial charge on any atom is 0.317 e. The van der Waals surface area contributed by atoms with E-state index in [-0.39, 0.29) is 25.0 Å². The third-order valence-corrected chi connectivity index (χ3v) is 2.62. The molecule has 0 saturated heterocycles. The van der Waals surface area contributed by atoms with Crippen LogP contribution in [0.4, 0.5) is 4.79 Å². The van der Waals surface area contributed by atoms with Crippen molar-refractivity contribution in [2.24, 2.45) is 0 Å². The Balaban J connectivity index is 3.81. The van der Waals surface area contributed by atoms with Gasteiger partial charge in [0.2, 0.25) is 0 Å². The number of nitrogens with zero attached hydrogens (tertiary/aromatic N) is 1. The normalized spacial score (nSPS) is 10.6. The summed E-state index contributed by atoms with van der Waals surface area (Å²) in [5, 5.41) is 11.4. The zero-order chi connectivity index (χ0) is 15.4. The second kappa shape index (κ2) is 11.5. The third-order valence-electron chi connectivity index (χ3n) is 2.62. The lowest BCUT2D eigenvalue weighted by Crippen LogP contribution is -2.45. The molecule has 2 N–H and O–H groups in total. The van der Waals surface area contributed by atoms with Gasteiger partial charge in [0.05, 0.1) is 19.6 Å². The van der Waals surface area contributed by atoms with E-state index < -0.39 is 5.97 Å². The fraction of sp³-hybridized carbons (Fsp3) is 0.846. The Morgan fingerprint density at radius 3 is 2.50 bits per heavy atom. The van der Waals surface area contributed by atoms with Crippen LogP contribution in [0.5, 0.6) is 0 Å². The predicted octanol–water partition coefficient (Wildman–Crippen LogP) is 0.934. The van der Waals surface area contributed by atoms with E-state index in [4.69, 9.17) is 14.6 Å². The maximum absolute atomic E-state index is 11.9. The van der Waals surface area contributed by atoms with Gasteiger partial charge in [-0.25, -0.2) is 4.79 Å². The van der Waals surface area contributed by atoms with Gasteiger partial charge >= 0.3 is 12.0 Å². The van der Waals surface area contributed by atoms with Gasteiger partial charge in [-0.15, -0.1) is 0 Å². The van der Waals surface area contributed by atoms with E-state index in [9.17, 15) is 9.59 Å². The number of ether oxygens (including phenoxy) is 2. The van der Waals surface area contributed by atoms with Gasteiger partial charge in [-0.1, -0.05) is 0 Å². The summed E-state index contributed by atoms with van der Waals surface area (Å²) in [6, 6.07) is -0.273. The minimum atomic E-state index is -0.907. The van der Waals surface area contributed by atoms with Crippen molar-refractivity contribution in [1.82, 2.24) is 10.2 Å². The van der Waals surface area contributed by atoms with Gasteiger partial charge < -0.3 is 24.8 Å². The van der Waals surface area contributed by atoms with Crippen LogP contribution in [0, 0.1) is 0 Å². The van der Waals surface area contributed by atoms with Crippen molar-refractivity contribution in [2.75, 3.05) is 40.0 Å². The molecule has 7 nitrogen and oxygen atoms in total. The summed E-state index contributed by atoms with van der Waals surface area (Å²) in [6.07, 6.45) is 0.659. The summed E-state index contributed by atoms with van der Waals surface area (Å²) < 4.78 is 10.1. The molecule has 0 fully saturated rings. The maximum atomic E-state index is 11.9. The molecule has 0 aliphatic heterocycles. The molecule has 0 unspecified atom stereocenters. The highest BCUT2D eigenvalue weighted by Gasteiger charge is 2.17. The molecule has 0 aliphatic carbocycles. The van der Waals surface area contributed by atoms with E-state index in [0.29, 0.717) is 32.8 Å². The number of rotatable bonds is 11. The number of urea groups is 1. The number of hydrogen-bond acceptors (Lipinski definition) is 4. The van der Waals surface area contributed by atoms with Crippen LogP contribution in [0.3, 0.4) is 0 Å². The highest BCUT2D eigenvalue weighted by atomic mass is 16.5. The van der Waals surface area contributed by atoms with E-state index >= 15 is 0 Å². The molecular formula is C13H26N2O5. The second-order valence-electron chi connectivity index (χ2n) is 4.62. The van der Waals surface area contributed by atoms with Crippen molar-refractivity contribution in [1.29, 1.82) is 0 Å². The van der Waals surface area contributed by atoms with Crippen molar-refractivity contribution < 1.29 is 24.2 Å². The first kappa shape index (κ1) is 18.7. The van der Waals surface area contributed by atoms with Crippen LogP contribution in [-0.4, -0.2) is 68.1 Å². The molecule has 0 aromatic rings. The van der Waals surface area contributed by atoms with E-state index in [1.165, 1.54) is 4.90 Å². The summed E-state index contributed by atoms with van der Waals surface area (Å²) in [5.74, 6) is -0.907. The van der Waals surface area contributed by atoms with Gasteiger partial charge in [0, 0.05) is 32.8 Å². The lowest BCUT2D eigenvalue weighted by atomic mass is 10.3. The van der Waals surface area contributed by atoms with Crippen molar-refractivity contribution in [2.45, 2.75) is 32.7 Å². The number of carbonyl (C=O) groups is 2. The predicted molar refractivity (Wildman–Crippen MR) is 74.8 cm³/mol. The van der Waals surface area contributed by atoms with Gasteiger partial charge in [-0.05, 0) is 20.3 Å². The molecule has 0 atom stereocenters. The number of methoxy groups -OCH3 is 1. The molecule has 0 aromatic heterocycles. The second-order valence-corrected chi connectivity index (χ2v) is 4.62.